The van der Waals surface area contributed by atoms with Crippen molar-refractivity contribution in [2.75, 3.05) is 0 Å². The van der Waals surface area contributed by atoms with Gasteiger partial charge in [-0.05, 0) is 34.0 Å². The van der Waals surface area contributed by atoms with E-state index >= 15 is 0 Å². The summed E-state index contributed by atoms with van der Waals surface area (Å²) in [5.74, 6) is 0.686. The number of hydrogen-bond donors (Lipinski definition) is 0. The first-order valence-electron chi connectivity index (χ1n) is 8.89. The number of tetrazole rings is 1. The average Bonchev–Trinajstić information content (AvgIpc) is 3.20. The van der Waals surface area contributed by atoms with Crippen molar-refractivity contribution in [1.82, 2.24) is 24.9 Å². The van der Waals surface area contributed by atoms with Crippen LogP contribution in [0.1, 0.15) is 16.8 Å². The smallest absolute Gasteiger partial charge is 0.209 e. The molecule has 0 saturated carbocycles. The number of aromatic nitrogens is 5. The second-order valence-corrected chi connectivity index (χ2v) is 6.69. The largest absolute Gasteiger partial charge is 0.347 e. The number of rotatable bonds is 2. The third-order valence-electron chi connectivity index (χ3n) is 5.18. The summed E-state index contributed by atoms with van der Waals surface area (Å²) in [5, 5.41) is 17.0. The first-order chi connectivity index (χ1) is 13.2. The second-order valence-electron chi connectivity index (χ2n) is 6.69. The SMILES string of the molecule is Cc1c2c(c(-c3ccccc3)n1C)CC(c1ccccc1)=Nn1nnnc1-2. The van der Waals surface area contributed by atoms with Gasteiger partial charge >= 0.3 is 0 Å². The Morgan fingerprint density at radius 1 is 0.889 bits per heavy atom. The quantitative estimate of drug-likeness (QED) is 0.554. The normalized spacial score (nSPS) is 12.9. The molecular formula is C21H18N6. The van der Waals surface area contributed by atoms with Gasteiger partial charge in [0, 0.05) is 24.7 Å². The fraction of sp³-hybridized carbons (Fsp3) is 0.143. The minimum absolute atomic E-state index is 0.686. The van der Waals surface area contributed by atoms with E-state index in [1.807, 2.05) is 24.3 Å². The van der Waals surface area contributed by atoms with Gasteiger partial charge in [-0.15, -0.1) is 9.89 Å². The lowest BCUT2D eigenvalue weighted by atomic mass is 9.96. The molecule has 0 bridgehead atoms. The van der Waals surface area contributed by atoms with E-state index in [4.69, 9.17) is 5.10 Å². The van der Waals surface area contributed by atoms with Crippen LogP contribution in [0.3, 0.4) is 0 Å². The van der Waals surface area contributed by atoms with E-state index in [9.17, 15) is 0 Å². The predicted molar refractivity (Wildman–Crippen MR) is 104 cm³/mol. The third kappa shape index (κ3) is 2.41. The highest BCUT2D eigenvalue weighted by Gasteiger charge is 2.28. The molecule has 0 spiro atoms. The van der Waals surface area contributed by atoms with Gasteiger partial charge in [0.2, 0.25) is 5.82 Å². The zero-order chi connectivity index (χ0) is 18.4. The van der Waals surface area contributed by atoms with Crippen LogP contribution in [0.2, 0.25) is 0 Å². The van der Waals surface area contributed by atoms with E-state index in [0.717, 1.165) is 22.5 Å². The molecule has 5 rings (SSSR count). The first kappa shape index (κ1) is 15.7. The molecule has 0 aliphatic carbocycles. The fourth-order valence-corrected chi connectivity index (χ4v) is 3.81. The van der Waals surface area contributed by atoms with Crippen LogP contribution >= 0.6 is 0 Å². The van der Waals surface area contributed by atoms with Crippen molar-refractivity contribution in [3.8, 4) is 22.6 Å². The van der Waals surface area contributed by atoms with Crippen molar-refractivity contribution >= 4 is 5.71 Å². The zero-order valence-corrected chi connectivity index (χ0v) is 15.2. The van der Waals surface area contributed by atoms with Gasteiger partial charge < -0.3 is 4.57 Å². The first-order valence-corrected chi connectivity index (χ1v) is 8.89. The molecule has 2 aromatic carbocycles. The van der Waals surface area contributed by atoms with E-state index in [-0.39, 0.29) is 0 Å². The monoisotopic (exact) mass is 354 g/mol. The lowest BCUT2D eigenvalue weighted by molar-refractivity contribution is 0.695. The highest BCUT2D eigenvalue weighted by Crippen LogP contribution is 2.38. The molecule has 132 valence electrons. The Hall–Kier alpha value is -3.54. The second kappa shape index (κ2) is 6.02. The molecule has 0 fully saturated rings. The van der Waals surface area contributed by atoms with Crippen molar-refractivity contribution < 1.29 is 0 Å². The van der Waals surface area contributed by atoms with Crippen LogP contribution in [-0.4, -0.2) is 30.6 Å². The molecule has 0 atom stereocenters. The van der Waals surface area contributed by atoms with Crippen LogP contribution in [0.5, 0.6) is 0 Å². The minimum Gasteiger partial charge on any atom is -0.347 e. The van der Waals surface area contributed by atoms with Crippen molar-refractivity contribution in [1.29, 1.82) is 0 Å². The Labute approximate surface area is 156 Å². The molecule has 4 aromatic rings. The van der Waals surface area contributed by atoms with Crippen LogP contribution in [0, 0.1) is 6.92 Å². The van der Waals surface area contributed by atoms with Gasteiger partial charge in [-0.1, -0.05) is 60.7 Å². The van der Waals surface area contributed by atoms with E-state index in [1.165, 1.54) is 16.8 Å². The molecule has 0 unspecified atom stereocenters. The summed E-state index contributed by atoms with van der Waals surface area (Å²) in [7, 11) is 2.10. The third-order valence-corrected chi connectivity index (χ3v) is 5.18. The Morgan fingerprint density at radius 2 is 1.56 bits per heavy atom. The number of benzene rings is 2. The molecule has 1 aliphatic rings. The van der Waals surface area contributed by atoms with Crippen molar-refractivity contribution in [3.63, 3.8) is 0 Å². The molecule has 1 aliphatic heterocycles. The van der Waals surface area contributed by atoms with Crippen LogP contribution < -0.4 is 0 Å². The summed E-state index contributed by atoms with van der Waals surface area (Å²) in [6.07, 6.45) is 0.705. The Balaban J connectivity index is 1.80. The maximum Gasteiger partial charge on any atom is 0.209 e. The minimum atomic E-state index is 0.686. The number of nitrogens with zero attached hydrogens (tertiary/aromatic N) is 6. The topological polar surface area (TPSA) is 60.9 Å². The lowest BCUT2D eigenvalue weighted by Crippen LogP contribution is -2.08. The van der Waals surface area contributed by atoms with E-state index in [2.05, 4.69) is 70.5 Å². The highest BCUT2D eigenvalue weighted by atomic mass is 15.7. The van der Waals surface area contributed by atoms with Gasteiger partial charge in [-0.25, -0.2) is 0 Å². The van der Waals surface area contributed by atoms with Crippen molar-refractivity contribution in [2.24, 2.45) is 12.1 Å². The van der Waals surface area contributed by atoms with E-state index in [0.29, 0.717) is 12.2 Å². The van der Waals surface area contributed by atoms with Crippen molar-refractivity contribution in [2.45, 2.75) is 13.3 Å². The summed E-state index contributed by atoms with van der Waals surface area (Å²) < 4.78 is 2.23. The molecule has 3 heterocycles. The molecule has 6 heteroatoms. The zero-order valence-electron chi connectivity index (χ0n) is 15.2. The number of fused-ring (bicyclic) bond motifs is 3. The average molecular weight is 354 g/mol. The highest BCUT2D eigenvalue weighted by molar-refractivity contribution is 6.04. The number of hydrogen-bond acceptors (Lipinski definition) is 4. The summed E-state index contributed by atoms with van der Waals surface area (Å²) >= 11 is 0. The molecule has 0 radical (unpaired) electrons. The van der Waals surface area contributed by atoms with Gasteiger partial charge in [0.15, 0.2) is 0 Å². The molecular weight excluding hydrogens is 336 g/mol. The molecule has 0 N–H and O–H groups in total. The van der Waals surface area contributed by atoms with Crippen LogP contribution in [0.25, 0.3) is 22.6 Å². The molecule has 0 saturated heterocycles. The maximum atomic E-state index is 4.75. The van der Waals surface area contributed by atoms with Gasteiger partial charge in [-0.2, -0.15) is 5.10 Å². The van der Waals surface area contributed by atoms with E-state index < -0.39 is 0 Å². The Bertz CT molecular complexity index is 1150. The predicted octanol–water partition coefficient (Wildman–Crippen LogP) is 3.46. The van der Waals surface area contributed by atoms with Crippen LogP contribution in [0.15, 0.2) is 65.8 Å². The molecule has 2 aromatic heterocycles. The Kier molecular flexibility index (Phi) is 3.50. The maximum absolute atomic E-state index is 4.75. The fourth-order valence-electron chi connectivity index (χ4n) is 3.81. The van der Waals surface area contributed by atoms with Gasteiger partial charge in [0.1, 0.15) is 0 Å². The summed E-state index contributed by atoms with van der Waals surface area (Å²) in [6, 6.07) is 20.7. The molecule has 27 heavy (non-hydrogen) atoms. The van der Waals surface area contributed by atoms with Crippen LogP contribution in [0.4, 0.5) is 0 Å². The van der Waals surface area contributed by atoms with Crippen molar-refractivity contribution in [3.05, 3.63) is 77.5 Å². The van der Waals surface area contributed by atoms with Gasteiger partial charge in [0.05, 0.1) is 11.4 Å². The van der Waals surface area contributed by atoms with E-state index in [1.54, 1.807) is 4.79 Å². The summed E-state index contributed by atoms with van der Waals surface area (Å²) in [6.45, 7) is 2.11. The van der Waals surface area contributed by atoms with Crippen LogP contribution in [-0.2, 0) is 13.5 Å². The molecule has 0 amide bonds. The van der Waals surface area contributed by atoms with Gasteiger partial charge in [0.25, 0.3) is 0 Å². The summed E-state index contributed by atoms with van der Waals surface area (Å²) in [4.78, 5) is 1.55. The standard InChI is InChI=1S/C21H18N6/c1-14-19-17(20(26(14)2)16-11-7-4-8-12-16)13-18(15-9-5-3-6-10-15)23-27-21(19)22-24-25-27/h3-12H,13H2,1-2H3. The molecule has 6 nitrogen and oxygen atoms in total. The lowest BCUT2D eigenvalue weighted by Gasteiger charge is -2.10. The summed E-state index contributed by atoms with van der Waals surface area (Å²) in [5.41, 5.74) is 7.79. The van der Waals surface area contributed by atoms with Gasteiger partial charge in [-0.3, -0.25) is 0 Å². The Morgan fingerprint density at radius 3 is 2.26 bits per heavy atom.